The van der Waals surface area contributed by atoms with Crippen molar-refractivity contribution in [2.45, 2.75) is 12.8 Å². The van der Waals surface area contributed by atoms with Gasteiger partial charge in [0.15, 0.2) is 0 Å². The molecule has 0 aliphatic carbocycles. The van der Waals surface area contributed by atoms with E-state index in [1.54, 1.807) is 7.11 Å². The number of ether oxygens (including phenoxy) is 1. The van der Waals surface area contributed by atoms with Gasteiger partial charge in [0.1, 0.15) is 5.75 Å². The summed E-state index contributed by atoms with van der Waals surface area (Å²) in [5.74, 6) is 0.849. The third-order valence-corrected chi connectivity index (χ3v) is 3.47. The van der Waals surface area contributed by atoms with Gasteiger partial charge in [-0.1, -0.05) is 11.6 Å². The number of nitrogens with one attached hydrogen (secondary N) is 1. The van der Waals surface area contributed by atoms with E-state index < -0.39 is 0 Å². The summed E-state index contributed by atoms with van der Waals surface area (Å²) >= 11 is 6.19. The van der Waals surface area contributed by atoms with Crippen LogP contribution in [0.15, 0.2) is 30.6 Å². The molecule has 0 amide bonds. The van der Waals surface area contributed by atoms with E-state index in [1.807, 2.05) is 37.5 Å². The third-order valence-electron chi connectivity index (χ3n) is 3.18. The summed E-state index contributed by atoms with van der Waals surface area (Å²) in [5.41, 5.74) is 9.34. The molecular weight excluding hydrogens is 248 g/mol. The quantitative estimate of drug-likeness (QED) is 0.892. The van der Waals surface area contributed by atoms with Gasteiger partial charge in [-0.3, -0.25) is 0 Å². The van der Waals surface area contributed by atoms with Crippen molar-refractivity contribution in [1.29, 1.82) is 0 Å². The number of H-pyrrole nitrogens is 1. The molecular formula is C14H17ClN2O. The maximum absolute atomic E-state index is 6.19. The van der Waals surface area contributed by atoms with Crippen LogP contribution in [0.5, 0.6) is 5.75 Å². The van der Waals surface area contributed by atoms with Crippen LogP contribution in [0, 0.1) is 6.92 Å². The van der Waals surface area contributed by atoms with Crippen LogP contribution in [0.1, 0.15) is 22.6 Å². The van der Waals surface area contributed by atoms with Crippen LogP contribution >= 0.6 is 11.6 Å². The zero-order valence-corrected chi connectivity index (χ0v) is 11.3. The molecule has 1 unspecified atom stereocenters. The Labute approximate surface area is 112 Å². The molecule has 0 radical (unpaired) electrons. The van der Waals surface area contributed by atoms with Gasteiger partial charge in [0.2, 0.25) is 0 Å². The second-order valence-corrected chi connectivity index (χ2v) is 4.68. The molecule has 96 valence electrons. The molecule has 1 aromatic carbocycles. The van der Waals surface area contributed by atoms with E-state index in [1.165, 1.54) is 5.56 Å². The molecule has 0 bridgehead atoms. The van der Waals surface area contributed by atoms with Crippen molar-refractivity contribution >= 4 is 11.6 Å². The number of hydrogen-bond donors (Lipinski definition) is 2. The molecule has 0 saturated heterocycles. The standard InChI is InChI=1S/C14H17ClN2O/c1-9-5-14(18-2)13(15)6-11(9)12(7-16)10-3-4-17-8-10/h3-6,8,12,17H,7,16H2,1-2H3. The Hall–Kier alpha value is -1.45. The van der Waals surface area contributed by atoms with E-state index in [0.29, 0.717) is 17.3 Å². The minimum atomic E-state index is 0.152. The van der Waals surface area contributed by atoms with Crippen LogP contribution < -0.4 is 10.5 Å². The monoisotopic (exact) mass is 264 g/mol. The van der Waals surface area contributed by atoms with Crippen molar-refractivity contribution < 1.29 is 4.74 Å². The fraction of sp³-hybridized carbons (Fsp3) is 0.286. The molecule has 4 heteroatoms. The summed E-state index contributed by atoms with van der Waals surface area (Å²) in [7, 11) is 1.62. The van der Waals surface area contributed by atoms with Gasteiger partial charge < -0.3 is 15.5 Å². The first-order valence-corrected chi connectivity index (χ1v) is 6.22. The van der Waals surface area contributed by atoms with Crippen molar-refractivity contribution in [3.63, 3.8) is 0 Å². The Morgan fingerprint density at radius 3 is 2.78 bits per heavy atom. The Morgan fingerprint density at radius 1 is 1.44 bits per heavy atom. The zero-order valence-electron chi connectivity index (χ0n) is 10.5. The molecule has 0 saturated carbocycles. The Balaban J connectivity index is 2.46. The van der Waals surface area contributed by atoms with Crippen molar-refractivity contribution in [1.82, 2.24) is 4.98 Å². The van der Waals surface area contributed by atoms with Gasteiger partial charge in [0, 0.05) is 24.9 Å². The summed E-state index contributed by atoms with van der Waals surface area (Å²) in [6, 6.07) is 5.93. The van der Waals surface area contributed by atoms with E-state index in [0.717, 1.165) is 11.1 Å². The maximum atomic E-state index is 6.19. The number of methoxy groups -OCH3 is 1. The smallest absolute Gasteiger partial charge is 0.137 e. The number of aromatic amines is 1. The topological polar surface area (TPSA) is 51.0 Å². The highest BCUT2D eigenvalue weighted by atomic mass is 35.5. The number of rotatable bonds is 4. The molecule has 0 fully saturated rings. The van der Waals surface area contributed by atoms with E-state index in [4.69, 9.17) is 22.1 Å². The van der Waals surface area contributed by atoms with Crippen molar-refractivity contribution in [2.75, 3.05) is 13.7 Å². The highest BCUT2D eigenvalue weighted by molar-refractivity contribution is 6.32. The fourth-order valence-corrected chi connectivity index (χ4v) is 2.45. The van der Waals surface area contributed by atoms with Crippen LogP contribution in [-0.4, -0.2) is 18.6 Å². The first kappa shape index (κ1) is 13.0. The van der Waals surface area contributed by atoms with E-state index in [2.05, 4.69) is 4.98 Å². The van der Waals surface area contributed by atoms with Gasteiger partial charge in [-0.05, 0) is 41.8 Å². The summed E-state index contributed by atoms with van der Waals surface area (Å²) in [5, 5.41) is 0.618. The predicted octanol–water partition coefficient (Wildman–Crippen LogP) is 3.08. The van der Waals surface area contributed by atoms with Crippen molar-refractivity contribution in [3.8, 4) is 5.75 Å². The SMILES string of the molecule is COc1cc(C)c(C(CN)c2cc[nH]c2)cc1Cl. The first-order chi connectivity index (χ1) is 8.67. The molecule has 0 aliphatic heterocycles. The fourth-order valence-electron chi connectivity index (χ4n) is 2.20. The normalized spacial score (nSPS) is 12.4. The number of nitrogens with two attached hydrogens (primary N) is 1. The van der Waals surface area contributed by atoms with Crippen LogP contribution in [0.4, 0.5) is 0 Å². The molecule has 3 nitrogen and oxygen atoms in total. The largest absolute Gasteiger partial charge is 0.495 e. The Morgan fingerprint density at radius 2 is 2.22 bits per heavy atom. The van der Waals surface area contributed by atoms with Gasteiger partial charge in [-0.15, -0.1) is 0 Å². The molecule has 18 heavy (non-hydrogen) atoms. The minimum Gasteiger partial charge on any atom is -0.495 e. The van der Waals surface area contributed by atoms with Gasteiger partial charge >= 0.3 is 0 Å². The molecule has 1 atom stereocenters. The summed E-state index contributed by atoms with van der Waals surface area (Å²) in [6.45, 7) is 2.59. The summed E-state index contributed by atoms with van der Waals surface area (Å²) in [6.07, 6.45) is 3.87. The third kappa shape index (κ3) is 2.37. The van der Waals surface area contributed by atoms with Crippen LogP contribution in [-0.2, 0) is 0 Å². The minimum absolute atomic E-state index is 0.152. The maximum Gasteiger partial charge on any atom is 0.137 e. The summed E-state index contributed by atoms with van der Waals surface area (Å²) < 4.78 is 5.22. The number of halogens is 1. The van der Waals surface area contributed by atoms with Crippen LogP contribution in [0.25, 0.3) is 0 Å². The van der Waals surface area contributed by atoms with Gasteiger partial charge in [0.05, 0.1) is 12.1 Å². The number of aryl methyl sites for hydroxylation is 1. The van der Waals surface area contributed by atoms with Gasteiger partial charge in [-0.25, -0.2) is 0 Å². The molecule has 2 aromatic rings. The van der Waals surface area contributed by atoms with Gasteiger partial charge in [-0.2, -0.15) is 0 Å². The molecule has 3 N–H and O–H groups in total. The molecule has 1 heterocycles. The average Bonchev–Trinajstić information content (AvgIpc) is 2.87. The first-order valence-electron chi connectivity index (χ1n) is 5.84. The number of aromatic nitrogens is 1. The molecule has 1 aromatic heterocycles. The van der Waals surface area contributed by atoms with Crippen molar-refractivity contribution in [3.05, 3.63) is 52.3 Å². The predicted molar refractivity (Wildman–Crippen MR) is 74.4 cm³/mol. The second kappa shape index (κ2) is 5.46. The number of benzene rings is 1. The van der Waals surface area contributed by atoms with Crippen LogP contribution in [0.3, 0.4) is 0 Å². The van der Waals surface area contributed by atoms with Gasteiger partial charge in [0.25, 0.3) is 0 Å². The lowest BCUT2D eigenvalue weighted by atomic mass is 9.90. The molecule has 0 spiro atoms. The van der Waals surface area contributed by atoms with Crippen LogP contribution in [0.2, 0.25) is 5.02 Å². The lowest BCUT2D eigenvalue weighted by Crippen LogP contribution is -2.14. The highest BCUT2D eigenvalue weighted by Crippen LogP contribution is 2.33. The van der Waals surface area contributed by atoms with E-state index in [-0.39, 0.29) is 5.92 Å². The lowest BCUT2D eigenvalue weighted by Gasteiger charge is -2.18. The van der Waals surface area contributed by atoms with E-state index in [9.17, 15) is 0 Å². The number of hydrogen-bond acceptors (Lipinski definition) is 2. The Bertz CT molecular complexity index is 523. The highest BCUT2D eigenvalue weighted by Gasteiger charge is 2.17. The average molecular weight is 265 g/mol. The molecule has 0 aliphatic rings. The molecule has 2 rings (SSSR count). The lowest BCUT2D eigenvalue weighted by molar-refractivity contribution is 0.414. The summed E-state index contributed by atoms with van der Waals surface area (Å²) in [4.78, 5) is 3.06. The van der Waals surface area contributed by atoms with Crippen molar-refractivity contribution in [2.24, 2.45) is 5.73 Å². The Kier molecular flexibility index (Phi) is 3.94. The second-order valence-electron chi connectivity index (χ2n) is 4.28. The zero-order chi connectivity index (χ0) is 13.1. The van der Waals surface area contributed by atoms with E-state index >= 15 is 0 Å².